The Balaban J connectivity index is 1.67. The molecule has 3 aromatic rings. The highest BCUT2D eigenvalue weighted by Crippen LogP contribution is 2.23. The maximum absolute atomic E-state index is 4.39. The molecule has 0 aliphatic heterocycles. The van der Waals surface area contributed by atoms with E-state index in [4.69, 9.17) is 0 Å². The summed E-state index contributed by atoms with van der Waals surface area (Å²) < 4.78 is 2.18. The Morgan fingerprint density at radius 1 is 1.04 bits per heavy atom. The van der Waals surface area contributed by atoms with E-state index < -0.39 is 0 Å². The van der Waals surface area contributed by atoms with Gasteiger partial charge >= 0.3 is 0 Å². The van der Waals surface area contributed by atoms with Crippen molar-refractivity contribution < 1.29 is 0 Å². The molecule has 1 aromatic heterocycles. The fraction of sp³-hybridized carbons (Fsp3) is 0.300. The van der Waals surface area contributed by atoms with E-state index in [0.29, 0.717) is 6.54 Å². The first-order valence-corrected chi connectivity index (χ1v) is 9.56. The molecule has 0 atom stereocenters. The van der Waals surface area contributed by atoms with Crippen molar-refractivity contribution in [2.75, 3.05) is 5.32 Å². The van der Waals surface area contributed by atoms with E-state index in [1.807, 2.05) is 6.07 Å². The number of anilines is 1. The van der Waals surface area contributed by atoms with Gasteiger partial charge in [-0.3, -0.25) is 0 Å². The number of thioether (sulfide) groups is 1. The second kappa shape index (κ2) is 8.21. The summed E-state index contributed by atoms with van der Waals surface area (Å²) in [6.07, 6.45) is 0. The van der Waals surface area contributed by atoms with Crippen LogP contribution in [0.5, 0.6) is 0 Å². The number of rotatable bonds is 7. The van der Waals surface area contributed by atoms with Crippen molar-refractivity contribution in [3.63, 3.8) is 0 Å². The maximum atomic E-state index is 4.39. The van der Waals surface area contributed by atoms with Crippen LogP contribution >= 0.6 is 11.8 Å². The minimum atomic E-state index is 0.677. The lowest BCUT2D eigenvalue weighted by atomic mass is 10.1. The zero-order valence-corrected chi connectivity index (χ0v) is 15.8. The Bertz CT molecular complexity index is 827. The Kier molecular flexibility index (Phi) is 5.76. The number of nitrogens with zero attached hydrogens (tertiary/aromatic N) is 3. The average Bonchev–Trinajstić information content (AvgIpc) is 3.02. The quantitative estimate of drug-likeness (QED) is 0.619. The molecule has 3 rings (SSSR count). The molecule has 0 fully saturated rings. The first-order chi connectivity index (χ1) is 12.2. The molecule has 0 aliphatic rings. The smallest absolute Gasteiger partial charge is 0.191 e. The van der Waals surface area contributed by atoms with Crippen LogP contribution in [0.4, 0.5) is 5.69 Å². The highest BCUT2D eigenvalue weighted by atomic mass is 32.2. The molecule has 0 aliphatic carbocycles. The standard InChI is InChI=1S/C20H24N4S/c1-4-24-19(13-21-18-11-10-15(2)12-16(18)3)22-23-20(24)25-14-17-8-6-5-7-9-17/h5-12,21H,4,13-14H2,1-3H3. The summed E-state index contributed by atoms with van der Waals surface area (Å²) in [5.41, 5.74) is 4.98. The summed E-state index contributed by atoms with van der Waals surface area (Å²) in [6, 6.07) is 16.9. The van der Waals surface area contributed by atoms with E-state index in [1.54, 1.807) is 11.8 Å². The minimum Gasteiger partial charge on any atom is -0.378 e. The molecule has 2 aromatic carbocycles. The Morgan fingerprint density at radius 2 is 1.84 bits per heavy atom. The summed E-state index contributed by atoms with van der Waals surface area (Å²) >= 11 is 1.73. The van der Waals surface area contributed by atoms with Gasteiger partial charge in [-0.2, -0.15) is 0 Å². The van der Waals surface area contributed by atoms with Gasteiger partial charge in [0.2, 0.25) is 0 Å². The second-order valence-corrected chi connectivity index (χ2v) is 7.03. The fourth-order valence-electron chi connectivity index (χ4n) is 2.78. The van der Waals surface area contributed by atoms with Crippen LogP contribution in [0.1, 0.15) is 29.4 Å². The van der Waals surface area contributed by atoms with E-state index in [1.165, 1.54) is 16.7 Å². The Morgan fingerprint density at radius 3 is 2.56 bits per heavy atom. The molecular weight excluding hydrogens is 328 g/mol. The molecule has 0 saturated carbocycles. The molecule has 130 valence electrons. The molecule has 0 unspecified atom stereocenters. The number of hydrogen-bond acceptors (Lipinski definition) is 4. The van der Waals surface area contributed by atoms with Crippen LogP contribution in [0.3, 0.4) is 0 Å². The number of nitrogens with one attached hydrogen (secondary N) is 1. The fourth-order valence-corrected chi connectivity index (χ4v) is 3.76. The van der Waals surface area contributed by atoms with Crippen LogP contribution in [0, 0.1) is 13.8 Å². The lowest BCUT2D eigenvalue weighted by molar-refractivity contribution is 0.648. The van der Waals surface area contributed by atoms with Gasteiger partial charge in [0.25, 0.3) is 0 Å². The molecule has 1 heterocycles. The van der Waals surface area contributed by atoms with E-state index in [2.05, 4.69) is 83.3 Å². The molecule has 5 heteroatoms. The monoisotopic (exact) mass is 352 g/mol. The summed E-state index contributed by atoms with van der Waals surface area (Å²) in [7, 11) is 0. The average molecular weight is 353 g/mol. The van der Waals surface area contributed by atoms with Crippen molar-refractivity contribution in [1.29, 1.82) is 0 Å². The lowest BCUT2D eigenvalue weighted by Crippen LogP contribution is -2.09. The van der Waals surface area contributed by atoms with Crippen LogP contribution in [0.25, 0.3) is 0 Å². The molecule has 0 bridgehead atoms. The number of hydrogen-bond donors (Lipinski definition) is 1. The van der Waals surface area contributed by atoms with E-state index in [0.717, 1.165) is 29.0 Å². The molecule has 1 N–H and O–H groups in total. The van der Waals surface area contributed by atoms with Gasteiger partial charge in [-0.25, -0.2) is 0 Å². The first-order valence-electron chi connectivity index (χ1n) is 8.57. The molecule has 0 radical (unpaired) electrons. The normalized spacial score (nSPS) is 10.8. The van der Waals surface area contributed by atoms with Gasteiger partial charge in [0, 0.05) is 18.0 Å². The largest absolute Gasteiger partial charge is 0.378 e. The van der Waals surface area contributed by atoms with Gasteiger partial charge in [0.05, 0.1) is 6.54 Å². The third-order valence-electron chi connectivity index (χ3n) is 4.14. The molecule has 0 amide bonds. The van der Waals surface area contributed by atoms with Crippen LogP contribution < -0.4 is 5.32 Å². The van der Waals surface area contributed by atoms with Crippen molar-refractivity contribution in [2.24, 2.45) is 0 Å². The molecule has 0 spiro atoms. The predicted octanol–water partition coefficient (Wildman–Crippen LogP) is 4.82. The highest BCUT2D eigenvalue weighted by Gasteiger charge is 2.11. The van der Waals surface area contributed by atoms with Gasteiger partial charge in [-0.15, -0.1) is 10.2 Å². The van der Waals surface area contributed by atoms with Crippen LogP contribution in [-0.4, -0.2) is 14.8 Å². The predicted molar refractivity (Wildman–Crippen MR) is 105 cm³/mol. The second-order valence-electron chi connectivity index (χ2n) is 6.09. The molecule has 0 saturated heterocycles. The first kappa shape index (κ1) is 17.5. The summed E-state index contributed by atoms with van der Waals surface area (Å²) in [5.74, 6) is 1.88. The van der Waals surface area contributed by atoms with E-state index in [9.17, 15) is 0 Å². The maximum Gasteiger partial charge on any atom is 0.191 e. The topological polar surface area (TPSA) is 42.7 Å². The van der Waals surface area contributed by atoms with Crippen molar-refractivity contribution >= 4 is 17.4 Å². The molecule has 25 heavy (non-hydrogen) atoms. The van der Waals surface area contributed by atoms with Gasteiger partial charge in [0.15, 0.2) is 11.0 Å². The molecule has 4 nitrogen and oxygen atoms in total. The third kappa shape index (κ3) is 4.42. The number of benzene rings is 2. The zero-order chi connectivity index (χ0) is 17.6. The summed E-state index contributed by atoms with van der Waals surface area (Å²) in [5, 5.41) is 13.2. The van der Waals surface area contributed by atoms with E-state index >= 15 is 0 Å². The lowest BCUT2D eigenvalue weighted by Gasteiger charge is -2.11. The van der Waals surface area contributed by atoms with Crippen LogP contribution in [0.15, 0.2) is 53.7 Å². The van der Waals surface area contributed by atoms with Crippen molar-refractivity contribution in [1.82, 2.24) is 14.8 Å². The van der Waals surface area contributed by atoms with Crippen molar-refractivity contribution in [2.45, 2.75) is 44.8 Å². The van der Waals surface area contributed by atoms with Crippen LogP contribution in [0.2, 0.25) is 0 Å². The van der Waals surface area contributed by atoms with Gasteiger partial charge in [-0.1, -0.05) is 59.8 Å². The van der Waals surface area contributed by atoms with Crippen molar-refractivity contribution in [3.05, 3.63) is 71.0 Å². The minimum absolute atomic E-state index is 0.677. The SMILES string of the molecule is CCn1c(CNc2ccc(C)cc2C)nnc1SCc1ccccc1. The van der Waals surface area contributed by atoms with Crippen molar-refractivity contribution in [3.8, 4) is 0 Å². The van der Waals surface area contributed by atoms with Crippen LogP contribution in [-0.2, 0) is 18.8 Å². The Hall–Kier alpha value is -2.27. The molecular formula is C20H24N4S. The Labute approximate surface area is 153 Å². The zero-order valence-electron chi connectivity index (χ0n) is 15.0. The number of aromatic nitrogens is 3. The third-order valence-corrected chi connectivity index (χ3v) is 5.18. The number of aryl methyl sites for hydroxylation is 2. The highest BCUT2D eigenvalue weighted by molar-refractivity contribution is 7.98. The summed E-state index contributed by atoms with van der Waals surface area (Å²) in [6.45, 7) is 7.92. The van der Waals surface area contributed by atoms with Gasteiger partial charge in [0.1, 0.15) is 0 Å². The van der Waals surface area contributed by atoms with Gasteiger partial charge in [-0.05, 0) is 38.0 Å². The van der Waals surface area contributed by atoms with E-state index in [-0.39, 0.29) is 0 Å². The van der Waals surface area contributed by atoms with Gasteiger partial charge < -0.3 is 9.88 Å². The summed E-state index contributed by atoms with van der Waals surface area (Å²) in [4.78, 5) is 0.